The summed E-state index contributed by atoms with van der Waals surface area (Å²) in [6.07, 6.45) is 1.07. The van der Waals surface area contributed by atoms with E-state index < -0.39 is 10.0 Å². The molecular weight excluding hydrogens is 426 g/mol. The van der Waals surface area contributed by atoms with Crippen molar-refractivity contribution in [2.75, 3.05) is 39.4 Å². The molecule has 0 saturated carbocycles. The molecule has 0 radical (unpaired) electrons. The first-order chi connectivity index (χ1) is 15.5. The summed E-state index contributed by atoms with van der Waals surface area (Å²) in [6, 6.07) is 16.7. The van der Waals surface area contributed by atoms with Gasteiger partial charge in [0, 0.05) is 45.2 Å². The maximum absolute atomic E-state index is 12.8. The zero-order valence-electron chi connectivity index (χ0n) is 18.3. The normalized spacial score (nSPS) is 19.0. The quantitative estimate of drug-likeness (QED) is 0.690. The minimum Gasteiger partial charge on any atom is -0.379 e. The standard InChI is InChI=1S/C24H31N3O4S/c28-24(20-10-12-27(13-11-20)32(29,30)23-8-2-1-3-9-23)25-18-21-6-4-5-7-22(21)19-26-14-16-31-17-15-26/h1-9,20H,10-19H2,(H,25,28). The number of piperidine rings is 1. The second-order valence-corrected chi connectivity index (χ2v) is 10.3. The highest BCUT2D eigenvalue weighted by Gasteiger charge is 2.32. The van der Waals surface area contributed by atoms with E-state index in [1.807, 2.05) is 12.1 Å². The van der Waals surface area contributed by atoms with Crippen LogP contribution < -0.4 is 5.32 Å². The van der Waals surface area contributed by atoms with Gasteiger partial charge in [0.25, 0.3) is 0 Å². The second-order valence-electron chi connectivity index (χ2n) is 8.37. The van der Waals surface area contributed by atoms with Crippen LogP contribution in [0.5, 0.6) is 0 Å². The Kier molecular flexibility index (Phi) is 7.57. The lowest BCUT2D eigenvalue weighted by atomic mass is 9.97. The molecule has 2 aromatic carbocycles. The van der Waals surface area contributed by atoms with E-state index in [0.29, 0.717) is 37.4 Å². The highest BCUT2D eigenvalue weighted by Crippen LogP contribution is 2.24. The van der Waals surface area contributed by atoms with E-state index in [4.69, 9.17) is 4.74 Å². The summed E-state index contributed by atoms with van der Waals surface area (Å²) >= 11 is 0. The van der Waals surface area contributed by atoms with Crippen LogP contribution >= 0.6 is 0 Å². The first kappa shape index (κ1) is 22.9. The summed E-state index contributed by atoms with van der Waals surface area (Å²) in [5.41, 5.74) is 2.34. The van der Waals surface area contributed by atoms with Gasteiger partial charge < -0.3 is 10.1 Å². The Balaban J connectivity index is 1.30. The van der Waals surface area contributed by atoms with E-state index in [9.17, 15) is 13.2 Å². The monoisotopic (exact) mass is 457 g/mol. The van der Waals surface area contributed by atoms with E-state index in [1.165, 1.54) is 9.87 Å². The van der Waals surface area contributed by atoms with Crippen LogP contribution in [0.2, 0.25) is 0 Å². The van der Waals surface area contributed by atoms with Gasteiger partial charge in [-0.15, -0.1) is 0 Å². The summed E-state index contributed by atoms with van der Waals surface area (Å²) in [4.78, 5) is 15.5. The molecule has 2 fully saturated rings. The number of sulfonamides is 1. The van der Waals surface area contributed by atoms with E-state index in [2.05, 4.69) is 22.3 Å². The van der Waals surface area contributed by atoms with Gasteiger partial charge in [-0.05, 0) is 36.1 Å². The third kappa shape index (κ3) is 5.56. The van der Waals surface area contributed by atoms with Crippen LogP contribution in [0.15, 0.2) is 59.5 Å². The van der Waals surface area contributed by atoms with E-state index in [1.54, 1.807) is 30.3 Å². The van der Waals surface area contributed by atoms with Crippen LogP contribution in [0.3, 0.4) is 0 Å². The van der Waals surface area contributed by atoms with Crippen molar-refractivity contribution in [2.24, 2.45) is 5.92 Å². The second kappa shape index (κ2) is 10.6. The third-order valence-corrected chi connectivity index (χ3v) is 8.19. The first-order valence-electron chi connectivity index (χ1n) is 11.2. The summed E-state index contributed by atoms with van der Waals surface area (Å²) in [7, 11) is -3.50. The van der Waals surface area contributed by atoms with Gasteiger partial charge in [-0.1, -0.05) is 42.5 Å². The summed E-state index contributed by atoms with van der Waals surface area (Å²) in [5, 5.41) is 3.08. The SMILES string of the molecule is O=C(NCc1ccccc1CN1CCOCC1)C1CCN(S(=O)(=O)c2ccccc2)CC1. The number of ether oxygens (including phenoxy) is 1. The number of nitrogens with zero attached hydrogens (tertiary/aromatic N) is 2. The fraction of sp³-hybridized carbons (Fsp3) is 0.458. The molecule has 7 nitrogen and oxygen atoms in total. The van der Waals surface area contributed by atoms with Gasteiger partial charge in [0.05, 0.1) is 18.1 Å². The minimum absolute atomic E-state index is 0.00272. The molecular formula is C24H31N3O4S. The largest absolute Gasteiger partial charge is 0.379 e. The summed E-state index contributed by atoms with van der Waals surface area (Å²) in [6.45, 7) is 5.43. The number of amides is 1. The summed E-state index contributed by atoms with van der Waals surface area (Å²) < 4.78 is 32.5. The fourth-order valence-corrected chi connectivity index (χ4v) is 5.80. The smallest absolute Gasteiger partial charge is 0.243 e. The van der Waals surface area contributed by atoms with Crippen LogP contribution in [0, 0.1) is 5.92 Å². The Morgan fingerprint density at radius 3 is 2.22 bits per heavy atom. The van der Waals surface area contributed by atoms with Crippen molar-refractivity contribution >= 4 is 15.9 Å². The van der Waals surface area contributed by atoms with Crippen LogP contribution in [0.4, 0.5) is 0 Å². The average Bonchev–Trinajstić information content (AvgIpc) is 2.84. The fourth-order valence-electron chi connectivity index (χ4n) is 4.31. The molecule has 2 saturated heterocycles. The van der Waals surface area contributed by atoms with Crippen molar-refractivity contribution in [3.63, 3.8) is 0 Å². The Morgan fingerprint density at radius 2 is 1.53 bits per heavy atom. The molecule has 0 bridgehead atoms. The maximum atomic E-state index is 12.8. The molecule has 172 valence electrons. The van der Waals surface area contributed by atoms with Crippen LogP contribution in [-0.4, -0.2) is 62.9 Å². The van der Waals surface area contributed by atoms with Gasteiger partial charge in [-0.3, -0.25) is 9.69 Å². The highest BCUT2D eigenvalue weighted by atomic mass is 32.2. The topological polar surface area (TPSA) is 79.0 Å². The molecule has 2 heterocycles. The Labute approximate surface area is 190 Å². The molecule has 0 unspecified atom stereocenters. The third-order valence-electron chi connectivity index (χ3n) is 6.27. The van der Waals surface area contributed by atoms with Crippen molar-refractivity contribution in [1.29, 1.82) is 0 Å². The van der Waals surface area contributed by atoms with Gasteiger partial charge >= 0.3 is 0 Å². The Bertz CT molecular complexity index is 999. The molecule has 8 heteroatoms. The van der Waals surface area contributed by atoms with Gasteiger partial charge in [-0.25, -0.2) is 8.42 Å². The number of benzene rings is 2. The molecule has 2 aliphatic rings. The molecule has 32 heavy (non-hydrogen) atoms. The number of morpholine rings is 1. The van der Waals surface area contributed by atoms with Crippen LogP contribution in [-0.2, 0) is 32.6 Å². The van der Waals surface area contributed by atoms with Crippen molar-refractivity contribution in [2.45, 2.75) is 30.8 Å². The number of nitrogens with one attached hydrogen (secondary N) is 1. The average molecular weight is 458 g/mol. The van der Waals surface area contributed by atoms with Gasteiger partial charge in [-0.2, -0.15) is 4.31 Å². The lowest BCUT2D eigenvalue weighted by molar-refractivity contribution is -0.126. The van der Waals surface area contributed by atoms with Crippen molar-refractivity contribution < 1.29 is 17.9 Å². The molecule has 0 atom stereocenters. The molecule has 0 aliphatic carbocycles. The van der Waals surface area contributed by atoms with Crippen molar-refractivity contribution in [1.82, 2.24) is 14.5 Å². The minimum atomic E-state index is -3.50. The number of hydrogen-bond donors (Lipinski definition) is 1. The van der Waals surface area contributed by atoms with E-state index in [-0.39, 0.29) is 11.8 Å². The molecule has 1 amide bonds. The Morgan fingerprint density at radius 1 is 0.906 bits per heavy atom. The van der Waals surface area contributed by atoms with E-state index in [0.717, 1.165) is 38.4 Å². The number of carbonyl (C=O) groups is 1. The predicted molar refractivity (Wildman–Crippen MR) is 122 cm³/mol. The predicted octanol–water partition coefficient (Wildman–Crippen LogP) is 2.24. The molecule has 2 aromatic rings. The maximum Gasteiger partial charge on any atom is 0.243 e. The number of hydrogen-bond acceptors (Lipinski definition) is 5. The summed E-state index contributed by atoms with van der Waals surface area (Å²) in [5.74, 6) is -0.161. The lowest BCUT2D eigenvalue weighted by Gasteiger charge is -2.30. The van der Waals surface area contributed by atoms with E-state index >= 15 is 0 Å². The lowest BCUT2D eigenvalue weighted by Crippen LogP contribution is -2.43. The van der Waals surface area contributed by atoms with Gasteiger partial charge in [0.15, 0.2) is 0 Å². The zero-order valence-corrected chi connectivity index (χ0v) is 19.1. The number of rotatable bonds is 7. The molecule has 0 spiro atoms. The van der Waals surface area contributed by atoms with Crippen molar-refractivity contribution in [3.05, 3.63) is 65.7 Å². The molecule has 2 aliphatic heterocycles. The van der Waals surface area contributed by atoms with Gasteiger partial charge in [0.2, 0.25) is 15.9 Å². The molecule has 0 aromatic heterocycles. The molecule has 4 rings (SSSR count). The van der Waals surface area contributed by atoms with Crippen molar-refractivity contribution in [3.8, 4) is 0 Å². The van der Waals surface area contributed by atoms with Crippen LogP contribution in [0.25, 0.3) is 0 Å². The highest BCUT2D eigenvalue weighted by molar-refractivity contribution is 7.89. The zero-order chi connectivity index (χ0) is 22.4. The first-order valence-corrected chi connectivity index (χ1v) is 12.7. The Hall–Kier alpha value is -2.26. The number of carbonyl (C=O) groups excluding carboxylic acids is 1. The van der Waals surface area contributed by atoms with Crippen LogP contribution in [0.1, 0.15) is 24.0 Å². The molecule has 1 N–H and O–H groups in total. The van der Waals surface area contributed by atoms with Gasteiger partial charge in [0.1, 0.15) is 0 Å².